The summed E-state index contributed by atoms with van der Waals surface area (Å²) in [5, 5.41) is 3.18. The highest BCUT2D eigenvalue weighted by molar-refractivity contribution is 9.10. The lowest BCUT2D eigenvalue weighted by Gasteiger charge is -2.18. The van der Waals surface area contributed by atoms with Gasteiger partial charge in [0.25, 0.3) is 5.91 Å². The van der Waals surface area contributed by atoms with E-state index in [1.54, 1.807) is 0 Å². The molecule has 1 amide bonds. The summed E-state index contributed by atoms with van der Waals surface area (Å²) >= 11 is 3.45. The molecule has 0 aromatic carbocycles. The number of nitrogens with zero attached hydrogens (tertiary/aromatic N) is 1. The molecule has 0 aliphatic heterocycles. The Kier molecular flexibility index (Phi) is 4.71. The number of amides is 1. The molecule has 1 unspecified atom stereocenters. The van der Waals surface area contributed by atoms with Crippen LogP contribution in [-0.2, 0) is 0 Å². The van der Waals surface area contributed by atoms with Gasteiger partial charge < -0.3 is 9.88 Å². The van der Waals surface area contributed by atoms with Gasteiger partial charge in [-0.3, -0.25) is 4.79 Å². The van der Waals surface area contributed by atoms with Gasteiger partial charge in [-0.1, -0.05) is 19.8 Å². The predicted molar refractivity (Wildman–Crippen MR) is 81.4 cm³/mol. The third kappa shape index (κ3) is 3.85. The number of carbonyl (C=O) groups is 1. The van der Waals surface area contributed by atoms with E-state index >= 15 is 0 Å². The van der Waals surface area contributed by atoms with Crippen molar-refractivity contribution in [3.8, 4) is 0 Å². The zero-order valence-corrected chi connectivity index (χ0v) is 13.5. The molecular formula is C15H23BrN2O. The fraction of sp³-hybridized carbons (Fsp3) is 0.667. The van der Waals surface area contributed by atoms with Crippen LogP contribution in [0.5, 0.6) is 0 Å². The molecule has 1 N–H and O–H groups in total. The summed E-state index contributed by atoms with van der Waals surface area (Å²) in [4.78, 5) is 12.4. The third-order valence-electron chi connectivity index (χ3n) is 3.75. The number of rotatable bonds is 6. The smallest absolute Gasteiger partial charge is 0.268 e. The van der Waals surface area contributed by atoms with Crippen molar-refractivity contribution in [2.75, 3.05) is 0 Å². The Morgan fingerprint density at radius 3 is 2.74 bits per heavy atom. The summed E-state index contributed by atoms with van der Waals surface area (Å²) in [6.07, 6.45) is 6.78. The molecule has 1 heterocycles. The maximum Gasteiger partial charge on any atom is 0.268 e. The first-order chi connectivity index (χ1) is 9.01. The molecule has 19 heavy (non-hydrogen) atoms. The van der Waals surface area contributed by atoms with Crippen LogP contribution in [0.4, 0.5) is 0 Å². The molecule has 0 saturated heterocycles. The number of halogens is 1. The van der Waals surface area contributed by atoms with Crippen molar-refractivity contribution < 1.29 is 4.79 Å². The van der Waals surface area contributed by atoms with E-state index in [0.717, 1.165) is 28.9 Å². The molecule has 1 atom stereocenters. The standard InChI is InChI=1S/C15H23BrN2O/c1-4-13(7-11-5-6-11)17-15(19)14-8-12(16)9-18(14)10(2)3/h8-11,13H,4-7H2,1-3H3,(H,17,19). The van der Waals surface area contributed by atoms with Crippen molar-refractivity contribution in [1.29, 1.82) is 0 Å². The van der Waals surface area contributed by atoms with Crippen LogP contribution in [-0.4, -0.2) is 16.5 Å². The van der Waals surface area contributed by atoms with Gasteiger partial charge in [-0.05, 0) is 54.6 Å². The third-order valence-corrected chi connectivity index (χ3v) is 4.18. The van der Waals surface area contributed by atoms with Gasteiger partial charge in [0, 0.05) is 22.8 Å². The normalized spacial score (nSPS) is 16.7. The summed E-state index contributed by atoms with van der Waals surface area (Å²) < 4.78 is 2.98. The molecule has 2 rings (SSSR count). The highest BCUT2D eigenvalue weighted by Crippen LogP contribution is 2.34. The van der Waals surface area contributed by atoms with E-state index < -0.39 is 0 Å². The van der Waals surface area contributed by atoms with Gasteiger partial charge in [-0.25, -0.2) is 0 Å². The predicted octanol–water partition coefficient (Wildman–Crippen LogP) is 4.14. The molecule has 1 aromatic heterocycles. The Morgan fingerprint density at radius 1 is 1.53 bits per heavy atom. The molecule has 3 nitrogen and oxygen atoms in total. The van der Waals surface area contributed by atoms with Crippen LogP contribution in [0.15, 0.2) is 16.7 Å². The topological polar surface area (TPSA) is 34.0 Å². The summed E-state index contributed by atoms with van der Waals surface area (Å²) in [5.74, 6) is 0.890. The molecule has 4 heteroatoms. The van der Waals surface area contributed by atoms with E-state index in [0.29, 0.717) is 6.04 Å². The quantitative estimate of drug-likeness (QED) is 0.837. The summed E-state index contributed by atoms with van der Waals surface area (Å²) in [7, 11) is 0. The number of hydrogen-bond acceptors (Lipinski definition) is 1. The monoisotopic (exact) mass is 326 g/mol. The Balaban J connectivity index is 2.05. The lowest BCUT2D eigenvalue weighted by Crippen LogP contribution is -2.36. The minimum atomic E-state index is 0.0481. The molecule has 0 spiro atoms. The first-order valence-electron chi connectivity index (χ1n) is 7.19. The lowest BCUT2D eigenvalue weighted by atomic mass is 10.1. The molecular weight excluding hydrogens is 304 g/mol. The van der Waals surface area contributed by atoms with Gasteiger partial charge in [-0.15, -0.1) is 0 Å². The first-order valence-corrected chi connectivity index (χ1v) is 7.98. The van der Waals surface area contributed by atoms with Crippen LogP contribution in [0.2, 0.25) is 0 Å². The Labute approximate surface area is 123 Å². The summed E-state index contributed by atoms with van der Waals surface area (Å²) in [6.45, 7) is 6.32. The van der Waals surface area contributed by atoms with E-state index in [1.807, 2.05) is 16.8 Å². The van der Waals surface area contributed by atoms with Crippen LogP contribution >= 0.6 is 15.9 Å². The van der Waals surface area contributed by atoms with Gasteiger partial charge in [0.1, 0.15) is 5.69 Å². The van der Waals surface area contributed by atoms with Crippen molar-refractivity contribution in [2.45, 2.75) is 58.5 Å². The van der Waals surface area contributed by atoms with Gasteiger partial charge in [0.15, 0.2) is 0 Å². The number of hydrogen-bond donors (Lipinski definition) is 1. The van der Waals surface area contributed by atoms with Crippen LogP contribution in [0.1, 0.15) is 63.0 Å². The zero-order valence-electron chi connectivity index (χ0n) is 11.9. The Morgan fingerprint density at radius 2 is 2.21 bits per heavy atom. The summed E-state index contributed by atoms with van der Waals surface area (Å²) in [5.41, 5.74) is 0.746. The van der Waals surface area contributed by atoms with Crippen molar-refractivity contribution in [3.63, 3.8) is 0 Å². The minimum absolute atomic E-state index is 0.0481. The second kappa shape index (κ2) is 6.12. The number of nitrogens with one attached hydrogen (secondary N) is 1. The largest absolute Gasteiger partial charge is 0.348 e. The molecule has 1 saturated carbocycles. The minimum Gasteiger partial charge on any atom is -0.348 e. The van der Waals surface area contributed by atoms with Crippen LogP contribution in [0, 0.1) is 5.92 Å². The van der Waals surface area contributed by atoms with Crippen molar-refractivity contribution in [1.82, 2.24) is 9.88 Å². The first kappa shape index (κ1) is 14.6. The molecule has 1 aliphatic rings. The molecule has 0 bridgehead atoms. The van der Waals surface area contributed by atoms with Crippen molar-refractivity contribution in [2.24, 2.45) is 5.92 Å². The van der Waals surface area contributed by atoms with Gasteiger partial charge in [0.05, 0.1) is 0 Å². The molecule has 1 aliphatic carbocycles. The van der Waals surface area contributed by atoms with E-state index in [2.05, 4.69) is 42.0 Å². The summed E-state index contributed by atoms with van der Waals surface area (Å²) in [6, 6.07) is 2.50. The highest BCUT2D eigenvalue weighted by Gasteiger charge is 2.26. The van der Waals surface area contributed by atoms with Crippen LogP contribution in [0.25, 0.3) is 0 Å². The average Bonchev–Trinajstić information content (AvgIpc) is 3.08. The molecule has 1 aromatic rings. The zero-order chi connectivity index (χ0) is 14.0. The lowest BCUT2D eigenvalue weighted by molar-refractivity contribution is 0.0922. The fourth-order valence-electron chi connectivity index (χ4n) is 2.40. The Hall–Kier alpha value is -0.770. The van der Waals surface area contributed by atoms with E-state index in [9.17, 15) is 4.79 Å². The molecule has 0 radical (unpaired) electrons. The van der Waals surface area contributed by atoms with E-state index in [1.165, 1.54) is 12.8 Å². The average molecular weight is 327 g/mol. The Bertz CT molecular complexity index is 449. The maximum atomic E-state index is 12.4. The highest BCUT2D eigenvalue weighted by atomic mass is 79.9. The SMILES string of the molecule is CCC(CC1CC1)NC(=O)c1cc(Br)cn1C(C)C. The van der Waals surface area contributed by atoms with E-state index in [-0.39, 0.29) is 11.9 Å². The maximum absolute atomic E-state index is 12.4. The number of aromatic nitrogens is 1. The fourth-order valence-corrected chi connectivity index (χ4v) is 2.84. The van der Waals surface area contributed by atoms with Gasteiger partial charge in [0.2, 0.25) is 0 Å². The van der Waals surface area contributed by atoms with Gasteiger partial charge >= 0.3 is 0 Å². The van der Waals surface area contributed by atoms with Crippen LogP contribution in [0.3, 0.4) is 0 Å². The van der Waals surface area contributed by atoms with Gasteiger partial charge in [-0.2, -0.15) is 0 Å². The number of carbonyl (C=O) groups excluding carboxylic acids is 1. The second-order valence-electron chi connectivity index (χ2n) is 5.80. The van der Waals surface area contributed by atoms with Crippen LogP contribution < -0.4 is 5.32 Å². The molecule has 1 fully saturated rings. The molecule has 106 valence electrons. The second-order valence-corrected chi connectivity index (χ2v) is 6.72. The van der Waals surface area contributed by atoms with Crippen molar-refractivity contribution >= 4 is 21.8 Å². The van der Waals surface area contributed by atoms with Crippen molar-refractivity contribution in [3.05, 3.63) is 22.4 Å². The van der Waals surface area contributed by atoms with E-state index in [4.69, 9.17) is 0 Å².